The highest BCUT2D eigenvalue weighted by Crippen LogP contribution is 2.37. The van der Waals surface area contributed by atoms with Gasteiger partial charge in [0.1, 0.15) is 29.0 Å². The molecule has 10 heteroatoms. The molecule has 1 atom stereocenters. The molecule has 1 amide bonds. The van der Waals surface area contributed by atoms with E-state index in [1.807, 2.05) is 0 Å². The largest absolute Gasteiger partial charge is 0.380 e. The topological polar surface area (TPSA) is 75.4 Å². The van der Waals surface area contributed by atoms with Crippen molar-refractivity contribution in [2.24, 2.45) is 5.92 Å². The summed E-state index contributed by atoms with van der Waals surface area (Å²) in [5.41, 5.74) is -0.789. The molecule has 1 saturated carbocycles. The number of likely N-dealkylation sites (tertiary alicyclic amines) is 1. The fourth-order valence-electron chi connectivity index (χ4n) is 5.03. The molecule has 0 bridgehead atoms. The van der Waals surface area contributed by atoms with Crippen molar-refractivity contribution >= 4 is 43.4 Å². The first-order valence-corrected chi connectivity index (χ1v) is 13.9. The standard InChI is InChI=1S/C27H26BrF2N3O3S/c1-27(30)13-33(14-27)22(35)12-32-15-31-25-24(26(32)36)23(17-7-8-19(29)18(28)11-17)21(37-25)10-9-20(34)16-5-3-2-4-6-16/h7-8,11,15-16,20,34H,2-6,12-14H2,1H3. The minimum Gasteiger partial charge on any atom is -0.380 e. The summed E-state index contributed by atoms with van der Waals surface area (Å²) in [6.45, 7) is 1.16. The van der Waals surface area contributed by atoms with E-state index in [1.165, 1.54) is 46.5 Å². The number of thiophene rings is 1. The van der Waals surface area contributed by atoms with Gasteiger partial charge in [0.15, 0.2) is 0 Å². The minimum atomic E-state index is -1.41. The number of benzene rings is 1. The molecule has 194 valence electrons. The van der Waals surface area contributed by atoms with Crippen molar-refractivity contribution in [1.82, 2.24) is 14.5 Å². The van der Waals surface area contributed by atoms with E-state index < -0.39 is 23.1 Å². The zero-order valence-corrected chi connectivity index (χ0v) is 22.7. The van der Waals surface area contributed by atoms with Gasteiger partial charge in [0.25, 0.3) is 5.56 Å². The van der Waals surface area contributed by atoms with Crippen molar-refractivity contribution in [3.63, 3.8) is 0 Å². The molecule has 1 aromatic carbocycles. The molecule has 1 saturated heterocycles. The molecule has 1 aliphatic carbocycles. The number of halogens is 3. The van der Waals surface area contributed by atoms with Crippen LogP contribution in [-0.4, -0.2) is 50.3 Å². The molecule has 1 aliphatic heterocycles. The van der Waals surface area contributed by atoms with Crippen molar-refractivity contribution in [2.45, 2.75) is 57.3 Å². The number of hydrogen-bond donors (Lipinski definition) is 1. The molecule has 5 rings (SSSR count). The molecular formula is C27H26BrF2N3O3S. The van der Waals surface area contributed by atoms with Gasteiger partial charge in [0, 0.05) is 5.56 Å². The molecule has 3 heterocycles. The second kappa shape index (κ2) is 10.3. The summed E-state index contributed by atoms with van der Waals surface area (Å²) in [6.07, 6.45) is 5.71. The van der Waals surface area contributed by atoms with Gasteiger partial charge in [-0.1, -0.05) is 37.2 Å². The molecule has 37 heavy (non-hydrogen) atoms. The Morgan fingerprint density at radius 2 is 2.05 bits per heavy atom. The SMILES string of the molecule is CC1(F)CN(C(=O)Cn2cnc3sc(C#CC(O)C4CCCCC4)c(-c4ccc(F)c(Br)c4)c3c2=O)C1. The summed E-state index contributed by atoms with van der Waals surface area (Å²) in [7, 11) is 0. The lowest BCUT2D eigenvalue weighted by atomic mass is 9.85. The van der Waals surface area contributed by atoms with Gasteiger partial charge >= 0.3 is 0 Å². The molecule has 6 nitrogen and oxygen atoms in total. The summed E-state index contributed by atoms with van der Waals surface area (Å²) in [5, 5.41) is 11.0. The first-order chi connectivity index (χ1) is 17.6. The van der Waals surface area contributed by atoms with E-state index in [0.717, 1.165) is 25.7 Å². The Hall–Kier alpha value is -2.61. The van der Waals surface area contributed by atoms with E-state index in [4.69, 9.17) is 0 Å². The first kappa shape index (κ1) is 26.0. The number of aromatic nitrogens is 2. The Morgan fingerprint density at radius 3 is 2.73 bits per heavy atom. The Kier molecular flexibility index (Phi) is 7.22. The molecule has 2 fully saturated rings. The summed E-state index contributed by atoms with van der Waals surface area (Å²) in [5.74, 6) is 5.34. The van der Waals surface area contributed by atoms with E-state index in [2.05, 4.69) is 32.8 Å². The summed E-state index contributed by atoms with van der Waals surface area (Å²) in [4.78, 5) is 32.9. The van der Waals surface area contributed by atoms with Gasteiger partial charge in [-0.2, -0.15) is 0 Å². The predicted octanol–water partition coefficient (Wildman–Crippen LogP) is 4.89. The van der Waals surface area contributed by atoms with E-state index in [-0.39, 0.29) is 41.3 Å². The summed E-state index contributed by atoms with van der Waals surface area (Å²) >= 11 is 4.43. The number of amides is 1. The predicted molar refractivity (Wildman–Crippen MR) is 143 cm³/mol. The smallest absolute Gasteiger partial charge is 0.263 e. The van der Waals surface area contributed by atoms with Gasteiger partial charge in [0.2, 0.25) is 5.91 Å². The van der Waals surface area contributed by atoms with Crippen LogP contribution in [0.2, 0.25) is 0 Å². The molecular weight excluding hydrogens is 564 g/mol. The third kappa shape index (κ3) is 5.35. The lowest BCUT2D eigenvalue weighted by Crippen LogP contribution is -2.60. The van der Waals surface area contributed by atoms with Crippen molar-refractivity contribution in [2.75, 3.05) is 13.1 Å². The van der Waals surface area contributed by atoms with Crippen molar-refractivity contribution in [1.29, 1.82) is 0 Å². The van der Waals surface area contributed by atoms with Crippen LogP contribution in [0.4, 0.5) is 8.78 Å². The number of aliphatic hydroxyl groups excluding tert-OH is 1. The van der Waals surface area contributed by atoms with E-state index in [1.54, 1.807) is 12.1 Å². The summed E-state index contributed by atoms with van der Waals surface area (Å²) < 4.78 is 29.3. The molecule has 1 N–H and O–H groups in total. The zero-order chi connectivity index (χ0) is 26.3. The van der Waals surface area contributed by atoms with Gasteiger partial charge < -0.3 is 10.0 Å². The van der Waals surface area contributed by atoms with Crippen LogP contribution < -0.4 is 5.56 Å². The molecule has 0 radical (unpaired) electrons. The van der Waals surface area contributed by atoms with Gasteiger partial charge in [-0.25, -0.2) is 13.8 Å². The number of rotatable bonds is 4. The maximum Gasteiger partial charge on any atom is 0.263 e. The lowest BCUT2D eigenvalue weighted by molar-refractivity contribution is -0.144. The normalized spacial score (nSPS) is 18.2. The fraction of sp³-hybridized carbons (Fsp3) is 0.444. The van der Waals surface area contributed by atoms with Gasteiger partial charge in [-0.3, -0.25) is 14.2 Å². The highest BCUT2D eigenvalue weighted by atomic mass is 79.9. The van der Waals surface area contributed by atoms with E-state index >= 15 is 0 Å². The third-order valence-corrected chi connectivity index (χ3v) is 8.64. The molecule has 0 spiro atoms. The maximum absolute atomic E-state index is 14.0. The van der Waals surface area contributed by atoms with Crippen molar-refractivity contribution in [3.8, 4) is 23.0 Å². The fourth-order valence-corrected chi connectivity index (χ4v) is 6.43. The number of carbonyl (C=O) groups excluding carboxylic acids is 1. The second-order valence-corrected chi connectivity index (χ2v) is 11.9. The molecule has 3 aromatic rings. The highest BCUT2D eigenvalue weighted by Gasteiger charge is 2.41. The number of carbonyl (C=O) groups is 1. The molecule has 2 aliphatic rings. The van der Waals surface area contributed by atoms with Crippen LogP contribution in [0, 0.1) is 23.6 Å². The van der Waals surface area contributed by atoms with E-state index in [0.29, 0.717) is 20.8 Å². The second-order valence-electron chi connectivity index (χ2n) is 10.1. The van der Waals surface area contributed by atoms with Crippen LogP contribution >= 0.6 is 27.3 Å². The average Bonchev–Trinajstić information content (AvgIpc) is 3.24. The number of aliphatic hydroxyl groups is 1. The Bertz CT molecular complexity index is 1480. The van der Waals surface area contributed by atoms with Gasteiger partial charge in [0.05, 0.1) is 34.2 Å². The van der Waals surface area contributed by atoms with Crippen LogP contribution in [-0.2, 0) is 11.3 Å². The molecule has 1 unspecified atom stereocenters. The monoisotopic (exact) mass is 589 g/mol. The van der Waals surface area contributed by atoms with Crippen LogP contribution in [0.25, 0.3) is 21.3 Å². The van der Waals surface area contributed by atoms with Crippen LogP contribution in [0.1, 0.15) is 43.9 Å². The van der Waals surface area contributed by atoms with Gasteiger partial charge in [-0.05, 0) is 59.3 Å². The van der Waals surface area contributed by atoms with E-state index in [9.17, 15) is 23.5 Å². The average molecular weight is 590 g/mol. The quantitative estimate of drug-likeness (QED) is 0.440. The Morgan fingerprint density at radius 1 is 1.32 bits per heavy atom. The van der Waals surface area contributed by atoms with Crippen LogP contribution in [0.5, 0.6) is 0 Å². The highest BCUT2D eigenvalue weighted by molar-refractivity contribution is 9.10. The third-order valence-electron chi connectivity index (χ3n) is 7.02. The number of alkyl halides is 1. The van der Waals surface area contributed by atoms with Crippen LogP contribution in [0.15, 0.2) is 33.8 Å². The Labute approximate surface area is 225 Å². The minimum absolute atomic E-state index is 0.00732. The van der Waals surface area contributed by atoms with Crippen molar-refractivity contribution in [3.05, 3.63) is 50.0 Å². The number of fused-ring (bicyclic) bond motifs is 1. The number of hydrogen-bond acceptors (Lipinski definition) is 5. The van der Waals surface area contributed by atoms with Crippen molar-refractivity contribution < 1.29 is 18.7 Å². The Balaban J connectivity index is 1.56. The molecule has 2 aromatic heterocycles. The number of nitrogens with zero attached hydrogens (tertiary/aromatic N) is 3. The summed E-state index contributed by atoms with van der Waals surface area (Å²) in [6, 6.07) is 4.44. The maximum atomic E-state index is 14.0. The zero-order valence-electron chi connectivity index (χ0n) is 20.3. The van der Waals surface area contributed by atoms with Crippen LogP contribution in [0.3, 0.4) is 0 Å². The first-order valence-electron chi connectivity index (χ1n) is 12.3. The van der Waals surface area contributed by atoms with Gasteiger partial charge in [-0.15, -0.1) is 11.3 Å². The lowest BCUT2D eigenvalue weighted by Gasteiger charge is -2.42.